The summed E-state index contributed by atoms with van der Waals surface area (Å²) >= 11 is 0. The first kappa shape index (κ1) is 20.7. The number of benzene rings is 1. The van der Waals surface area contributed by atoms with Crippen molar-refractivity contribution in [3.05, 3.63) is 29.8 Å². The summed E-state index contributed by atoms with van der Waals surface area (Å²) in [6.07, 6.45) is -5.15. The molecule has 2 rings (SSSR count). The molecule has 10 heteroatoms. The van der Waals surface area contributed by atoms with Crippen LogP contribution in [-0.4, -0.2) is 68.9 Å². The van der Waals surface area contributed by atoms with E-state index in [9.17, 15) is 23.4 Å². The van der Waals surface area contributed by atoms with Crippen molar-refractivity contribution in [2.45, 2.75) is 49.4 Å². The molecule has 0 bridgehead atoms. The van der Waals surface area contributed by atoms with Gasteiger partial charge in [-0.05, 0) is 19.1 Å². The third-order valence-corrected chi connectivity index (χ3v) is 5.30. The average molecular weight is 389 g/mol. The van der Waals surface area contributed by atoms with Gasteiger partial charge in [0, 0.05) is 14.0 Å². The van der Waals surface area contributed by atoms with Crippen molar-refractivity contribution in [2.24, 2.45) is 0 Å². The lowest BCUT2D eigenvalue weighted by atomic mass is 9.97. The first-order valence-electron chi connectivity index (χ1n) is 7.93. The Bertz CT molecular complexity index is 718. The Morgan fingerprint density at radius 3 is 2.38 bits per heavy atom. The van der Waals surface area contributed by atoms with Gasteiger partial charge in [0.2, 0.25) is 5.91 Å². The fourth-order valence-electron chi connectivity index (χ4n) is 2.59. The summed E-state index contributed by atoms with van der Waals surface area (Å²) in [5, 5.41) is 22.8. The largest absolute Gasteiger partial charge is 0.388 e. The van der Waals surface area contributed by atoms with Crippen molar-refractivity contribution in [3.63, 3.8) is 0 Å². The van der Waals surface area contributed by atoms with Crippen molar-refractivity contribution in [1.82, 2.24) is 5.32 Å². The van der Waals surface area contributed by atoms with E-state index in [-0.39, 0.29) is 4.90 Å². The molecule has 0 saturated carbocycles. The van der Waals surface area contributed by atoms with Gasteiger partial charge in [-0.1, -0.05) is 17.7 Å². The summed E-state index contributed by atoms with van der Waals surface area (Å²) < 4.78 is 39.9. The van der Waals surface area contributed by atoms with Crippen molar-refractivity contribution in [1.29, 1.82) is 0 Å². The molecule has 0 aromatic heterocycles. The first-order chi connectivity index (χ1) is 12.2. The average Bonchev–Trinajstić information content (AvgIpc) is 2.58. The summed E-state index contributed by atoms with van der Waals surface area (Å²) in [7, 11) is -2.76. The Morgan fingerprint density at radius 2 is 1.85 bits per heavy atom. The Hall–Kier alpha value is -1.56. The fraction of sp³-hybridized carbons (Fsp3) is 0.562. The Kier molecular flexibility index (Phi) is 6.72. The van der Waals surface area contributed by atoms with Crippen LogP contribution < -0.4 is 5.32 Å². The molecule has 1 amide bonds. The zero-order valence-corrected chi connectivity index (χ0v) is 15.5. The zero-order valence-electron chi connectivity index (χ0n) is 14.7. The van der Waals surface area contributed by atoms with E-state index in [1.54, 1.807) is 12.1 Å². The number of aliphatic hydroxyl groups excluding tert-OH is 2. The molecule has 1 heterocycles. The van der Waals surface area contributed by atoms with Gasteiger partial charge in [-0.3, -0.25) is 8.98 Å². The number of hydrogen-bond acceptors (Lipinski definition) is 8. The predicted octanol–water partition coefficient (Wildman–Crippen LogP) is -0.702. The quantitative estimate of drug-likeness (QED) is 0.544. The summed E-state index contributed by atoms with van der Waals surface area (Å²) in [6.45, 7) is 2.54. The molecule has 1 fully saturated rings. The van der Waals surface area contributed by atoms with Crippen molar-refractivity contribution < 1.29 is 37.1 Å². The van der Waals surface area contributed by atoms with Crippen LogP contribution in [0.1, 0.15) is 12.5 Å². The monoisotopic (exact) mass is 389 g/mol. The van der Waals surface area contributed by atoms with E-state index in [4.69, 9.17) is 13.7 Å². The van der Waals surface area contributed by atoms with Crippen LogP contribution in [0.15, 0.2) is 29.2 Å². The molecule has 9 nitrogen and oxygen atoms in total. The highest BCUT2D eigenvalue weighted by atomic mass is 32.2. The van der Waals surface area contributed by atoms with Gasteiger partial charge in [0.15, 0.2) is 6.29 Å². The minimum atomic E-state index is -4.06. The smallest absolute Gasteiger partial charge is 0.297 e. The van der Waals surface area contributed by atoms with Crippen molar-refractivity contribution >= 4 is 16.0 Å². The lowest BCUT2D eigenvalue weighted by Gasteiger charge is -2.41. The fourth-order valence-corrected chi connectivity index (χ4v) is 3.51. The highest BCUT2D eigenvalue weighted by molar-refractivity contribution is 7.86. The maximum absolute atomic E-state index is 12.2. The number of carbonyl (C=O) groups excluding carboxylic acids is 1. The minimum Gasteiger partial charge on any atom is -0.388 e. The standard InChI is InChI=1S/C16H23NO8S/c1-9-4-6-11(7-5-9)26(21,22)24-8-12-14(19)15(20)13(17-10(2)18)16(23-3)25-12/h4-7,12-16,19-20H,8H2,1-3H3,(H,17,18)/t12-,13-,14-,15-,16+/m1/s1. The van der Waals surface area contributed by atoms with E-state index in [1.165, 1.54) is 26.2 Å². The lowest BCUT2D eigenvalue weighted by molar-refractivity contribution is -0.261. The van der Waals surface area contributed by atoms with E-state index in [1.807, 2.05) is 6.92 Å². The van der Waals surface area contributed by atoms with E-state index >= 15 is 0 Å². The van der Waals surface area contributed by atoms with Gasteiger partial charge in [-0.15, -0.1) is 0 Å². The van der Waals surface area contributed by atoms with Crippen LogP contribution in [0, 0.1) is 6.92 Å². The van der Waals surface area contributed by atoms with Gasteiger partial charge >= 0.3 is 0 Å². The van der Waals surface area contributed by atoms with Gasteiger partial charge in [0.25, 0.3) is 10.1 Å². The zero-order chi connectivity index (χ0) is 19.5. The Labute approximate surface area is 152 Å². The van der Waals surface area contributed by atoms with Crippen LogP contribution in [0.4, 0.5) is 0 Å². The van der Waals surface area contributed by atoms with Gasteiger partial charge in [0.05, 0.1) is 11.5 Å². The molecule has 1 aromatic rings. The number of carbonyl (C=O) groups is 1. The third-order valence-electron chi connectivity index (χ3n) is 4.00. The molecule has 1 aliphatic heterocycles. The number of hydrogen-bond donors (Lipinski definition) is 3. The van der Waals surface area contributed by atoms with Crippen molar-refractivity contribution in [2.75, 3.05) is 13.7 Å². The number of aliphatic hydroxyl groups is 2. The number of ether oxygens (including phenoxy) is 2. The predicted molar refractivity (Wildman–Crippen MR) is 89.6 cm³/mol. The third kappa shape index (κ3) is 4.78. The molecule has 26 heavy (non-hydrogen) atoms. The Balaban J connectivity index is 2.07. The lowest BCUT2D eigenvalue weighted by Crippen LogP contribution is -2.64. The minimum absolute atomic E-state index is 0.0339. The second-order valence-corrected chi connectivity index (χ2v) is 7.65. The van der Waals surface area contributed by atoms with E-state index in [0.717, 1.165) is 5.56 Å². The number of nitrogens with one attached hydrogen (secondary N) is 1. The SMILES string of the molecule is CO[C@H]1O[C@H](COS(=O)(=O)c2ccc(C)cc2)[C@@H](O)[C@H](O)[C@H]1NC(C)=O. The van der Waals surface area contributed by atoms with Crippen LogP contribution in [-0.2, 0) is 28.6 Å². The molecule has 1 aliphatic rings. The molecule has 5 atom stereocenters. The van der Waals surface area contributed by atoms with E-state index < -0.39 is 53.3 Å². The van der Waals surface area contributed by atoms with Crippen LogP contribution in [0.2, 0.25) is 0 Å². The van der Waals surface area contributed by atoms with Gasteiger partial charge in [0.1, 0.15) is 24.4 Å². The molecule has 0 radical (unpaired) electrons. The summed E-state index contributed by atoms with van der Waals surface area (Å²) in [5.41, 5.74) is 0.894. The van der Waals surface area contributed by atoms with Gasteiger partial charge in [-0.25, -0.2) is 0 Å². The van der Waals surface area contributed by atoms with Crippen molar-refractivity contribution in [3.8, 4) is 0 Å². The number of methoxy groups -OCH3 is 1. The molecular weight excluding hydrogens is 366 g/mol. The van der Waals surface area contributed by atoms with Crippen LogP contribution in [0.5, 0.6) is 0 Å². The molecule has 0 unspecified atom stereocenters. The molecule has 146 valence electrons. The maximum Gasteiger partial charge on any atom is 0.297 e. The summed E-state index contributed by atoms with van der Waals surface area (Å²) in [4.78, 5) is 11.2. The number of rotatable bonds is 6. The molecular formula is C16H23NO8S. The maximum atomic E-state index is 12.2. The van der Waals surface area contributed by atoms with Crippen LogP contribution >= 0.6 is 0 Å². The number of aryl methyl sites for hydroxylation is 1. The molecule has 0 spiro atoms. The van der Waals surface area contributed by atoms with E-state index in [0.29, 0.717) is 0 Å². The molecule has 1 saturated heterocycles. The first-order valence-corrected chi connectivity index (χ1v) is 9.34. The highest BCUT2D eigenvalue weighted by Gasteiger charge is 2.45. The molecule has 1 aromatic carbocycles. The van der Waals surface area contributed by atoms with Crippen LogP contribution in [0.3, 0.4) is 0 Å². The van der Waals surface area contributed by atoms with E-state index in [2.05, 4.69) is 5.32 Å². The van der Waals surface area contributed by atoms with Crippen LogP contribution in [0.25, 0.3) is 0 Å². The molecule has 0 aliphatic carbocycles. The number of amides is 1. The summed E-state index contributed by atoms with van der Waals surface area (Å²) in [6, 6.07) is 5.07. The van der Waals surface area contributed by atoms with Gasteiger partial charge in [-0.2, -0.15) is 8.42 Å². The molecule has 3 N–H and O–H groups in total. The topological polar surface area (TPSA) is 131 Å². The normalized spacial score (nSPS) is 29.3. The second-order valence-electron chi connectivity index (χ2n) is 6.04. The summed E-state index contributed by atoms with van der Waals surface area (Å²) in [5.74, 6) is -0.441. The second kappa shape index (κ2) is 8.42. The van der Waals surface area contributed by atoms with Gasteiger partial charge < -0.3 is 25.0 Å². The Morgan fingerprint density at radius 1 is 1.23 bits per heavy atom. The highest BCUT2D eigenvalue weighted by Crippen LogP contribution is 2.23.